The van der Waals surface area contributed by atoms with Crippen LogP contribution >= 0.6 is 0 Å². The summed E-state index contributed by atoms with van der Waals surface area (Å²) in [4.78, 5) is 0. The number of rotatable bonds is 6. The average molecular weight is 293 g/mol. The third-order valence-electron chi connectivity index (χ3n) is 4.61. The zero-order valence-electron chi connectivity index (χ0n) is 13.5. The first-order valence-electron chi connectivity index (χ1n) is 8.35. The van der Waals surface area contributed by atoms with E-state index in [0.29, 0.717) is 11.7 Å². The van der Waals surface area contributed by atoms with E-state index in [4.69, 9.17) is 4.74 Å². The van der Waals surface area contributed by atoms with Gasteiger partial charge in [0.1, 0.15) is 6.10 Å². The fraction of sp³-hybridized carbons (Fsp3) is 0.667. The first-order chi connectivity index (χ1) is 10.2. The summed E-state index contributed by atoms with van der Waals surface area (Å²) in [6.07, 6.45) is 5.98. The summed E-state index contributed by atoms with van der Waals surface area (Å²) in [5.41, 5.74) is 0.928. The van der Waals surface area contributed by atoms with Crippen LogP contribution < -0.4 is 10.1 Å². The molecular formula is C18H28FNO. The van der Waals surface area contributed by atoms with E-state index >= 15 is 0 Å². The summed E-state index contributed by atoms with van der Waals surface area (Å²) in [6, 6.07) is 5.34. The number of para-hydroxylation sites is 1. The van der Waals surface area contributed by atoms with E-state index in [1.165, 1.54) is 25.3 Å². The number of hydrogen-bond acceptors (Lipinski definition) is 2. The van der Waals surface area contributed by atoms with Crippen LogP contribution in [0.4, 0.5) is 4.39 Å². The third kappa shape index (κ3) is 3.97. The topological polar surface area (TPSA) is 21.3 Å². The van der Waals surface area contributed by atoms with Crippen molar-refractivity contribution in [3.05, 3.63) is 29.6 Å². The second-order valence-corrected chi connectivity index (χ2v) is 6.05. The standard InChI is InChI=1S/C18H28FNO/c1-4-14-9-6-7-12-17(14)21-18-15(13(3)20-5-2)10-8-11-16(18)19/h8,10-11,13-14,17,20H,4-7,9,12H2,1-3H3. The van der Waals surface area contributed by atoms with Crippen molar-refractivity contribution in [2.45, 2.75) is 65.0 Å². The average Bonchev–Trinajstić information content (AvgIpc) is 2.50. The molecule has 3 atom stereocenters. The Balaban J connectivity index is 2.21. The van der Waals surface area contributed by atoms with E-state index in [0.717, 1.165) is 24.9 Å². The lowest BCUT2D eigenvalue weighted by Gasteiger charge is -2.32. The van der Waals surface area contributed by atoms with E-state index in [1.54, 1.807) is 6.07 Å². The fourth-order valence-corrected chi connectivity index (χ4v) is 3.35. The highest BCUT2D eigenvalue weighted by molar-refractivity contribution is 5.37. The predicted octanol–water partition coefficient (Wildman–Crippen LogP) is 4.84. The highest BCUT2D eigenvalue weighted by Crippen LogP contribution is 2.34. The molecule has 2 rings (SSSR count). The molecule has 1 N–H and O–H groups in total. The lowest BCUT2D eigenvalue weighted by atomic mass is 9.84. The molecule has 0 bridgehead atoms. The molecule has 1 aliphatic rings. The molecular weight excluding hydrogens is 265 g/mol. The second-order valence-electron chi connectivity index (χ2n) is 6.05. The molecule has 0 aromatic heterocycles. The maximum absolute atomic E-state index is 14.3. The molecule has 118 valence electrons. The molecule has 1 aromatic carbocycles. The van der Waals surface area contributed by atoms with Crippen LogP contribution in [0.1, 0.15) is 64.5 Å². The van der Waals surface area contributed by atoms with Crippen molar-refractivity contribution in [2.75, 3.05) is 6.54 Å². The van der Waals surface area contributed by atoms with Gasteiger partial charge < -0.3 is 10.1 Å². The van der Waals surface area contributed by atoms with Gasteiger partial charge in [-0.15, -0.1) is 0 Å². The Morgan fingerprint density at radius 1 is 1.29 bits per heavy atom. The monoisotopic (exact) mass is 293 g/mol. The van der Waals surface area contributed by atoms with Gasteiger partial charge in [-0.25, -0.2) is 4.39 Å². The van der Waals surface area contributed by atoms with Gasteiger partial charge in [0.05, 0.1) is 0 Å². The molecule has 1 fully saturated rings. The van der Waals surface area contributed by atoms with Crippen molar-refractivity contribution < 1.29 is 9.13 Å². The van der Waals surface area contributed by atoms with E-state index in [9.17, 15) is 4.39 Å². The number of ether oxygens (including phenoxy) is 1. The van der Waals surface area contributed by atoms with Crippen LogP contribution in [-0.4, -0.2) is 12.6 Å². The SMILES string of the molecule is CCNC(C)c1cccc(F)c1OC1CCCCC1CC. The van der Waals surface area contributed by atoms with Crippen LogP contribution in [0.15, 0.2) is 18.2 Å². The van der Waals surface area contributed by atoms with Crippen molar-refractivity contribution in [1.29, 1.82) is 0 Å². The summed E-state index contributed by atoms with van der Waals surface area (Å²) < 4.78 is 20.5. The number of halogens is 1. The Bertz CT molecular complexity index is 449. The molecule has 0 amide bonds. The third-order valence-corrected chi connectivity index (χ3v) is 4.61. The molecule has 3 unspecified atom stereocenters. The Labute approximate surface area is 128 Å². The minimum absolute atomic E-state index is 0.101. The van der Waals surface area contributed by atoms with Crippen LogP contribution in [-0.2, 0) is 0 Å². The van der Waals surface area contributed by atoms with Crippen molar-refractivity contribution in [1.82, 2.24) is 5.32 Å². The Hall–Kier alpha value is -1.09. The molecule has 1 aliphatic carbocycles. The smallest absolute Gasteiger partial charge is 0.165 e. The first-order valence-corrected chi connectivity index (χ1v) is 8.35. The largest absolute Gasteiger partial charge is 0.487 e. The molecule has 21 heavy (non-hydrogen) atoms. The minimum atomic E-state index is -0.238. The highest BCUT2D eigenvalue weighted by atomic mass is 19.1. The van der Waals surface area contributed by atoms with Crippen molar-refractivity contribution in [3.63, 3.8) is 0 Å². The molecule has 3 heteroatoms. The predicted molar refractivity (Wildman–Crippen MR) is 85.2 cm³/mol. The van der Waals surface area contributed by atoms with Crippen LogP contribution in [0.25, 0.3) is 0 Å². The summed E-state index contributed by atoms with van der Waals surface area (Å²) in [6.45, 7) is 7.18. The lowest BCUT2D eigenvalue weighted by molar-refractivity contribution is 0.0847. The summed E-state index contributed by atoms with van der Waals surface area (Å²) >= 11 is 0. The van der Waals surface area contributed by atoms with Gasteiger partial charge >= 0.3 is 0 Å². The Morgan fingerprint density at radius 3 is 2.76 bits per heavy atom. The van der Waals surface area contributed by atoms with Crippen LogP contribution in [0.5, 0.6) is 5.75 Å². The van der Waals surface area contributed by atoms with Gasteiger partial charge in [0, 0.05) is 11.6 Å². The normalized spacial score (nSPS) is 23.8. The molecule has 2 nitrogen and oxygen atoms in total. The van der Waals surface area contributed by atoms with E-state index in [-0.39, 0.29) is 18.0 Å². The molecule has 0 radical (unpaired) electrons. The minimum Gasteiger partial charge on any atom is -0.487 e. The zero-order valence-corrected chi connectivity index (χ0v) is 13.5. The summed E-state index contributed by atoms with van der Waals surface area (Å²) in [5, 5.41) is 3.35. The lowest BCUT2D eigenvalue weighted by Crippen LogP contribution is -2.31. The van der Waals surface area contributed by atoms with Gasteiger partial charge in [-0.2, -0.15) is 0 Å². The number of hydrogen-bond donors (Lipinski definition) is 1. The van der Waals surface area contributed by atoms with E-state index in [1.807, 2.05) is 6.07 Å². The zero-order chi connectivity index (χ0) is 15.2. The second kappa shape index (κ2) is 7.79. The summed E-state index contributed by atoms with van der Waals surface area (Å²) in [7, 11) is 0. The molecule has 1 saturated carbocycles. The highest BCUT2D eigenvalue weighted by Gasteiger charge is 2.27. The molecule has 0 aliphatic heterocycles. The van der Waals surface area contributed by atoms with Crippen LogP contribution in [0.3, 0.4) is 0 Å². The molecule has 1 aromatic rings. The van der Waals surface area contributed by atoms with Gasteiger partial charge in [0.2, 0.25) is 0 Å². The van der Waals surface area contributed by atoms with Gasteiger partial charge in [-0.05, 0) is 51.1 Å². The maximum atomic E-state index is 14.3. The van der Waals surface area contributed by atoms with Crippen LogP contribution in [0.2, 0.25) is 0 Å². The van der Waals surface area contributed by atoms with Crippen LogP contribution in [0, 0.1) is 11.7 Å². The van der Waals surface area contributed by atoms with E-state index in [2.05, 4.69) is 26.1 Å². The van der Waals surface area contributed by atoms with Gasteiger partial charge in [0.25, 0.3) is 0 Å². The molecule has 0 saturated heterocycles. The van der Waals surface area contributed by atoms with Gasteiger partial charge in [-0.1, -0.05) is 32.4 Å². The molecule has 0 heterocycles. The van der Waals surface area contributed by atoms with Gasteiger partial charge in [-0.3, -0.25) is 0 Å². The Kier molecular flexibility index (Phi) is 6.04. The Morgan fingerprint density at radius 2 is 2.05 bits per heavy atom. The fourth-order valence-electron chi connectivity index (χ4n) is 3.35. The van der Waals surface area contributed by atoms with E-state index < -0.39 is 0 Å². The first kappa shape index (κ1) is 16.3. The van der Waals surface area contributed by atoms with Gasteiger partial charge in [0.15, 0.2) is 11.6 Å². The quantitative estimate of drug-likeness (QED) is 0.810. The van der Waals surface area contributed by atoms with Crippen molar-refractivity contribution >= 4 is 0 Å². The molecule has 0 spiro atoms. The number of nitrogens with one attached hydrogen (secondary N) is 1. The maximum Gasteiger partial charge on any atom is 0.165 e. The summed E-state index contributed by atoms with van der Waals surface area (Å²) in [5.74, 6) is 0.773. The van der Waals surface area contributed by atoms with Crippen molar-refractivity contribution in [3.8, 4) is 5.75 Å². The van der Waals surface area contributed by atoms with Crippen molar-refractivity contribution in [2.24, 2.45) is 5.92 Å². The number of benzene rings is 1.